The maximum Gasteiger partial charge on any atom is 0.273 e. The molecule has 0 atom stereocenters. The van der Waals surface area contributed by atoms with E-state index in [0.29, 0.717) is 17.3 Å². The summed E-state index contributed by atoms with van der Waals surface area (Å²) >= 11 is 9.44. The van der Waals surface area contributed by atoms with Crippen molar-refractivity contribution in [2.75, 3.05) is 12.4 Å². The maximum atomic E-state index is 10.9. The predicted octanol–water partition coefficient (Wildman–Crippen LogP) is 4.63. The lowest BCUT2D eigenvalue weighted by atomic mass is 10.2. The van der Waals surface area contributed by atoms with Gasteiger partial charge in [-0.2, -0.15) is 0 Å². The number of nitrogens with one attached hydrogen (secondary N) is 1. The Morgan fingerprint density at radius 1 is 1.33 bits per heavy atom. The molecule has 0 saturated heterocycles. The van der Waals surface area contributed by atoms with E-state index in [1.165, 1.54) is 19.2 Å². The Bertz CT molecular complexity index is 679. The second kappa shape index (κ2) is 6.78. The van der Waals surface area contributed by atoms with E-state index in [4.69, 9.17) is 16.3 Å². The fourth-order valence-corrected chi connectivity index (χ4v) is 2.54. The molecule has 2 rings (SSSR count). The summed E-state index contributed by atoms with van der Waals surface area (Å²) in [6.07, 6.45) is 0. The summed E-state index contributed by atoms with van der Waals surface area (Å²) in [5, 5.41) is 14.6. The molecule has 7 heteroatoms. The van der Waals surface area contributed by atoms with Crippen LogP contribution in [0.1, 0.15) is 5.56 Å². The lowest BCUT2D eigenvalue weighted by Crippen LogP contribution is -2.01. The average molecular weight is 372 g/mol. The topological polar surface area (TPSA) is 64.4 Å². The number of ether oxygens (including phenoxy) is 1. The second-order valence-electron chi connectivity index (χ2n) is 4.27. The highest BCUT2D eigenvalue weighted by Gasteiger charge is 2.10. The van der Waals surface area contributed by atoms with Crippen molar-refractivity contribution in [3.8, 4) is 5.75 Å². The van der Waals surface area contributed by atoms with Gasteiger partial charge in [-0.25, -0.2) is 0 Å². The van der Waals surface area contributed by atoms with Crippen LogP contribution in [0.25, 0.3) is 0 Å². The lowest BCUT2D eigenvalue weighted by molar-refractivity contribution is -0.385. The summed E-state index contributed by atoms with van der Waals surface area (Å²) in [5.74, 6) is 0.447. The standard InChI is InChI=1S/C14H12BrClN2O3/c1-21-12-5-9(4-11(7-12)18(19)20)8-17-14-3-2-10(15)6-13(14)16/h2-7,17H,8H2,1H3. The number of benzene rings is 2. The molecule has 1 N–H and O–H groups in total. The quantitative estimate of drug-likeness (QED) is 0.614. The number of methoxy groups -OCH3 is 1. The molecule has 0 saturated carbocycles. The van der Waals surface area contributed by atoms with Gasteiger partial charge in [-0.05, 0) is 29.8 Å². The Hall–Kier alpha value is -1.79. The van der Waals surface area contributed by atoms with Gasteiger partial charge in [0.25, 0.3) is 5.69 Å². The largest absolute Gasteiger partial charge is 0.496 e. The molecule has 2 aromatic rings. The minimum Gasteiger partial charge on any atom is -0.496 e. The van der Waals surface area contributed by atoms with E-state index in [0.717, 1.165) is 15.7 Å². The van der Waals surface area contributed by atoms with Crippen LogP contribution in [0.5, 0.6) is 5.75 Å². The van der Waals surface area contributed by atoms with Crippen molar-refractivity contribution < 1.29 is 9.66 Å². The zero-order valence-corrected chi connectivity index (χ0v) is 13.4. The molecule has 0 aliphatic carbocycles. The fraction of sp³-hybridized carbons (Fsp3) is 0.143. The van der Waals surface area contributed by atoms with Crippen molar-refractivity contribution in [2.45, 2.75) is 6.54 Å². The summed E-state index contributed by atoms with van der Waals surface area (Å²) in [4.78, 5) is 10.4. The van der Waals surface area contributed by atoms with Crippen LogP contribution in [0, 0.1) is 10.1 Å². The second-order valence-corrected chi connectivity index (χ2v) is 5.60. The van der Waals surface area contributed by atoms with E-state index in [9.17, 15) is 10.1 Å². The molecule has 5 nitrogen and oxygen atoms in total. The van der Waals surface area contributed by atoms with Crippen molar-refractivity contribution in [3.63, 3.8) is 0 Å². The van der Waals surface area contributed by atoms with Crippen molar-refractivity contribution in [3.05, 3.63) is 61.6 Å². The molecular formula is C14H12BrClN2O3. The summed E-state index contributed by atoms with van der Waals surface area (Å²) in [6, 6.07) is 10.1. The number of halogens is 2. The Labute approximate surface area is 135 Å². The van der Waals surface area contributed by atoms with Crippen LogP contribution in [-0.2, 0) is 6.54 Å². The summed E-state index contributed by atoms with van der Waals surface area (Å²) < 4.78 is 5.96. The van der Waals surface area contributed by atoms with Crippen molar-refractivity contribution in [2.24, 2.45) is 0 Å². The Morgan fingerprint density at radius 2 is 2.10 bits per heavy atom. The SMILES string of the molecule is COc1cc(CNc2ccc(Br)cc2Cl)cc([N+](=O)[O-])c1. The zero-order chi connectivity index (χ0) is 15.4. The van der Waals surface area contributed by atoms with Crippen molar-refractivity contribution in [1.82, 2.24) is 0 Å². The molecule has 0 radical (unpaired) electrons. The fourth-order valence-electron chi connectivity index (χ4n) is 1.80. The Morgan fingerprint density at radius 3 is 2.71 bits per heavy atom. The third-order valence-electron chi connectivity index (χ3n) is 2.81. The molecule has 0 aliphatic rings. The first-order valence-electron chi connectivity index (χ1n) is 6.01. The first kappa shape index (κ1) is 15.6. The number of nitrogens with zero attached hydrogens (tertiary/aromatic N) is 1. The first-order valence-corrected chi connectivity index (χ1v) is 7.18. The van der Waals surface area contributed by atoms with Crippen molar-refractivity contribution in [1.29, 1.82) is 0 Å². The predicted molar refractivity (Wildman–Crippen MR) is 86.1 cm³/mol. The van der Waals surface area contributed by atoms with Crippen LogP contribution in [0.4, 0.5) is 11.4 Å². The van der Waals surface area contributed by atoms with Crippen LogP contribution < -0.4 is 10.1 Å². The van der Waals surface area contributed by atoms with E-state index in [1.54, 1.807) is 12.1 Å². The number of nitro groups is 1. The van der Waals surface area contributed by atoms with Crippen LogP contribution >= 0.6 is 27.5 Å². The molecule has 21 heavy (non-hydrogen) atoms. The van der Waals surface area contributed by atoms with Gasteiger partial charge in [-0.1, -0.05) is 27.5 Å². The molecule has 110 valence electrons. The molecule has 0 unspecified atom stereocenters. The number of nitro benzene ring substituents is 1. The van der Waals surface area contributed by atoms with E-state index in [1.807, 2.05) is 12.1 Å². The molecule has 0 aliphatic heterocycles. The van der Waals surface area contributed by atoms with E-state index in [2.05, 4.69) is 21.2 Å². The lowest BCUT2D eigenvalue weighted by Gasteiger charge is -2.10. The molecule has 0 fully saturated rings. The number of hydrogen-bond acceptors (Lipinski definition) is 4. The molecule has 0 heterocycles. The Kier molecular flexibility index (Phi) is 5.03. The molecular weight excluding hydrogens is 360 g/mol. The summed E-state index contributed by atoms with van der Waals surface area (Å²) in [5.41, 5.74) is 1.48. The Balaban J connectivity index is 2.19. The van der Waals surface area contributed by atoms with E-state index in [-0.39, 0.29) is 5.69 Å². The van der Waals surface area contributed by atoms with Gasteiger partial charge in [-0.15, -0.1) is 0 Å². The maximum absolute atomic E-state index is 10.9. The van der Waals surface area contributed by atoms with Crippen LogP contribution in [-0.4, -0.2) is 12.0 Å². The molecule has 2 aromatic carbocycles. The number of non-ortho nitro benzene ring substituents is 1. The monoisotopic (exact) mass is 370 g/mol. The molecule has 0 bridgehead atoms. The van der Waals surface area contributed by atoms with Gasteiger partial charge in [0.1, 0.15) is 5.75 Å². The van der Waals surface area contributed by atoms with Gasteiger partial charge in [-0.3, -0.25) is 10.1 Å². The van der Waals surface area contributed by atoms with Gasteiger partial charge in [0.15, 0.2) is 0 Å². The van der Waals surface area contributed by atoms with Gasteiger partial charge in [0, 0.05) is 17.1 Å². The minimum absolute atomic E-state index is 0.00643. The van der Waals surface area contributed by atoms with E-state index < -0.39 is 4.92 Å². The van der Waals surface area contributed by atoms with Gasteiger partial charge in [0.05, 0.1) is 28.8 Å². The minimum atomic E-state index is -0.446. The zero-order valence-electron chi connectivity index (χ0n) is 11.1. The van der Waals surface area contributed by atoms with Crippen LogP contribution in [0.2, 0.25) is 5.02 Å². The van der Waals surface area contributed by atoms with Crippen LogP contribution in [0.3, 0.4) is 0 Å². The number of rotatable bonds is 5. The highest BCUT2D eigenvalue weighted by molar-refractivity contribution is 9.10. The highest BCUT2D eigenvalue weighted by Crippen LogP contribution is 2.27. The van der Waals surface area contributed by atoms with Gasteiger partial charge < -0.3 is 10.1 Å². The molecule has 0 spiro atoms. The number of hydrogen-bond donors (Lipinski definition) is 1. The van der Waals surface area contributed by atoms with Gasteiger partial charge in [0.2, 0.25) is 0 Å². The summed E-state index contributed by atoms with van der Waals surface area (Å²) in [6.45, 7) is 0.402. The molecule has 0 aromatic heterocycles. The van der Waals surface area contributed by atoms with Crippen molar-refractivity contribution >= 4 is 38.9 Å². The smallest absolute Gasteiger partial charge is 0.273 e. The van der Waals surface area contributed by atoms with Gasteiger partial charge >= 0.3 is 0 Å². The highest BCUT2D eigenvalue weighted by atomic mass is 79.9. The molecule has 0 amide bonds. The first-order chi connectivity index (χ1) is 9.99. The third-order valence-corrected chi connectivity index (χ3v) is 3.62. The summed E-state index contributed by atoms with van der Waals surface area (Å²) in [7, 11) is 1.47. The normalized spacial score (nSPS) is 10.2. The third kappa shape index (κ3) is 4.09. The van der Waals surface area contributed by atoms with Crippen LogP contribution in [0.15, 0.2) is 40.9 Å². The van der Waals surface area contributed by atoms with E-state index >= 15 is 0 Å². The average Bonchev–Trinajstić information content (AvgIpc) is 2.46. The number of anilines is 1.